The number of fused-ring (bicyclic) bond motifs is 1. The summed E-state index contributed by atoms with van der Waals surface area (Å²) in [6.45, 7) is 1.91. The summed E-state index contributed by atoms with van der Waals surface area (Å²) in [4.78, 5) is 21.1. The van der Waals surface area contributed by atoms with Crippen LogP contribution in [0, 0.1) is 11.6 Å². The second kappa shape index (κ2) is 6.84. The Bertz CT molecular complexity index is 1100. The fourth-order valence-electron chi connectivity index (χ4n) is 2.72. The number of carbonyl (C=O) groups excluding carboxylic acids is 1. The number of pyridine rings is 1. The van der Waals surface area contributed by atoms with Gasteiger partial charge in [-0.2, -0.15) is 5.10 Å². The van der Waals surface area contributed by atoms with Gasteiger partial charge in [-0.05, 0) is 24.6 Å². The molecule has 1 N–H and O–H groups in total. The predicted octanol–water partition coefficient (Wildman–Crippen LogP) is 3.97. The second-order valence-corrected chi connectivity index (χ2v) is 6.70. The lowest BCUT2D eigenvalue weighted by molar-refractivity contribution is 0.102. The second-order valence-electron chi connectivity index (χ2n) is 5.67. The maximum absolute atomic E-state index is 13.3. The van der Waals surface area contributed by atoms with Crippen LogP contribution in [0.3, 0.4) is 0 Å². The molecule has 0 fully saturated rings. The lowest BCUT2D eigenvalue weighted by Crippen LogP contribution is -2.14. The number of aromatic nitrogens is 4. The van der Waals surface area contributed by atoms with Crippen LogP contribution in [-0.4, -0.2) is 25.7 Å². The highest BCUT2D eigenvalue weighted by Gasteiger charge is 2.19. The zero-order valence-electron chi connectivity index (χ0n) is 14.1. The quantitative estimate of drug-likeness (QED) is 0.577. The van der Waals surface area contributed by atoms with E-state index in [1.807, 2.05) is 13.0 Å². The predicted molar refractivity (Wildman–Crippen MR) is 98.2 cm³/mol. The van der Waals surface area contributed by atoms with E-state index in [2.05, 4.69) is 20.4 Å². The van der Waals surface area contributed by atoms with Crippen molar-refractivity contribution >= 4 is 32.6 Å². The molecule has 0 aliphatic carbocycles. The molecule has 3 aromatic heterocycles. The van der Waals surface area contributed by atoms with Gasteiger partial charge in [0.25, 0.3) is 5.91 Å². The van der Waals surface area contributed by atoms with Gasteiger partial charge in [-0.15, -0.1) is 0 Å². The van der Waals surface area contributed by atoms with Gasteiger partial charge >= 0.3 is 0 Å². The molecule has 0 aliphatic heterocycles. The third kappa shape index (κ3) is 3.17. The van der Waals surface area contributed by atoms with Crippen LogP contribution in [-0.2, 0) is 6.42 Å². The number of nitrogens with one attached hydrogen (secondary N) is 1. The summed E-state index contributed by atoms with van der Waals surface area (Å²) in [6, 6.07) is 7.50. The molecule has 136 valence electrons. The van der Waals surface area contributed by atoms with Crippen LogP contribution in [0.2, 0.25) is 0 Å². The Morgan fingerprint density at radius 1 is 1.26 bits per heavy atom. The third-order valence-corrected chi connectivity index (χ3v) is 4.90. The Kier molecular flexibility index (Phi) is 4.36. The lowest BCUT2D eigenvalue weighted by atomic mass is 10.2. The zero-order valence-corrected chi connectivity index (χ0v) is 14.9. The maximum atomic E-state index is 13.3. The summed E-state index contributed by atoms with van der Waals surface area (Å²) in [7, 11) is 0. The van der Waals surface area contributed by atoms with E-state index >= 15 is 0 Å². The van der Waals surface area contributed by atoms with Crippen LogP contribution in [0.25, 0.3) is 16.0 Å². The van der Waals surface area contributed by atoms with E-state index in [0.717, 1.165) is 23.5 Å². The molecule has 27 heavy (non-hydrogen) atoms. The van der Waals surface area contributed by atoms with Crippen molar-refractivity contribution < 1.29 is 13.6 Å². The van der Waals surface area contributed by atoms with Crippen LogP contribution in [0.4, 0.5) is 13.9 Å². The number of amides is 1. The van der Waals surface area contributed by atoms with Crippen molar-refractivity contribution in [2.24, 2.45) is 0 Å². The molecule has 3 heterocycles. The Balaban J connectivity index is 1.65. The van der Waals surface area contributed by atoms with E-state index in [1.165, 1.54) is 6.20 Å². The standard InChI is InChI=1S/C18H13F2N5OS/c1-2-14-10(9-22-25(14)16-5-3-4-6-21-16)17(26)24-18-23-13-7-11(19)12(20)8-15(13)27-18/h3-9H,2H2,1H3,(H,23,24,26). The molecule has 0 atom stereocenters. The first-order valence-electron chi connectivity index (χ1n) is 8.12. The van der Waals surface area contributed by atoms with Gasteiger partial charge in [0.05, 0.1) is 27.7 Å². The van der Waals surface area contributed by atoms with Crippen LogP contribution in [0.5, 0.6) is 0 Å². The van der Waals surface area contributed by atoms with E-state index in [1.54, 1.807) is 23.0 Å². The molecule has 1 aromatic carbocycles. The highest BCUT2D eigenvalue weighted by Crippen LogP contribution is 2.28. The van der Waals surface area contributed by atoms with Gasteiger partial charge < -0.3 is 0 Å². The number of halogens is 2. The summed E-state index contributed by atoms with van der Waals surface area (Å²) >= 11 is 1.07. The Morgan fingerprint density at radius 2 is 2.07 bits per heavy atom. The van der Waals surface area contributed by atoms with Crippen molar-refractivity contribution in [2.75, 3.05) is 5.32 Å². The van der Waals surface area contributed by atoms with Gasteiger partial charge in [0.15, 0.2) is 22.6 Å². The topological polar surface area (TPSA) is 72.7 Å². The van der Waals surface area contributed by atoms with E-state index < -0.39 is 17.5 Å². The number of hydrogen-bond acceptors (Lipinski definition) is 5. The van der Waals surface area contributed by atoms with Gasteiger partial charge in [-0.1, -0.05) is 24.3 Å². The van der Waals surface area contributed by atoms with Crippen molar-refractivity contribution in [2.45, 2.75) is 13.3 Å². The van der Waals surface area contributed by atoms with Crippen LogP contribution >= 0.6 is 11.3 Å². The van der Waals surface area contributed by atoms with Crippen LogP contribution in [0.15, 0.2) is 42.7 Å². The molecule has 0 aliphatic rings. The van der Waals surface area contributed by atoms with Crippen molar-refractivity contribution in [1.82, 2.24) is 19.7 Å². The van der Waals surface area contributed by atoms with Gasteiger partial charge in [0, 0.05) is 12.3 Å². The van der Waals surface area contributed by atoms with Gasteiger partial charge in [0.1, 0.15) is 0 Å². The van der Waals surface area contributed by atoms with Crippen molar-refractivity contribution in [3.05, 3.63) is 65.6 Å². The number of anilines is 1. The minimum Gasteiger partial charge on any atom is -0.298 e. The average molecular weight is 385 g/mol. The number of thiazole rings is 1. The number of hydrogen-bond donors (Lipinski definition) is 1. The van der Waals surface area contributed by atoms with Crippen molar-refractivity contribution in [1.29, 1.82) is 0 Å². The van der Waals surface area contributed by atoms with Crippen molar-refractivity contribution in [3.63, 3.8) is 0 Å². The Hall–Kier alpha value is -3.20. The number of benzene rings is 1. The van der Waals surface area contributed by atoms with Crippen molar-refractivity contribution in [3.8, 4) is 5.82 Å². The monoisotopic (exact) mass is 385 g/mol. The number of carbonyl (C=O) groups is 1. The molecule has 0 saturated carbocycles. The molecular weight excluding hydrogens is 372 g/mol. The minimum atomic E-state index is -0.976. The summed E-state index contributed by atoms with van der Waals surface area (Å²) in [5.74, 6) is -1.71. The summed E-state index contributed by atoms with van der Waals surface area (Å²) in [5.41, 5.74) is 1.37. The average Bonchev–Trinajstić information content (AvgIpc) is 3.26. The van der Waals surface area contributed by atoms with E-state index in [4.69, 9.17) is 0 Å². The van der Waals surface area contributed by atoms with Crippen LogP contribution < -0.4 is 5.32 Å². The third-order valence-electron chi connectivity index (χ3n) is 3.97. The lowest BCUT2D eigenvalue weighted by Gasteiger charge is -2.06. The molecular formula is C18H13F2N5OS. The first-order valence-corrected chi connectivity index (χ1v) is 8.93. The summed E-state index contributed by atoms with van der Waals surface area (Å²) < 4.78 is 28.7. The highest BCUT2D eigenvalue weighted by molar-refractivity contribution is 7.22. The fraction of sp³-hybridized carbons (Fsp3) is 0.111. The SMILES string of the molecule is CCc1c(C(=O)Nc2nc3cc(F)c(F)cc3s2)cnn1-c1ccccn1. The van der Waals surface area contributed by atoms with Gasteiger partial charge in [-0.25, -0.2) is 23.4 Å². The maximum Gasteiger partial charge on any atom is 0.260 e. The summed E-state index contributed by atoms with van der Waals surface area (Å²) in [6.07, 6.45) is 3.68. The molecule has 6 nitrogen and oxygen atoms in total. The molecule has 0 unspecified atom stereocenters. The van der Waals surface area contributed by atoms with Gasteiger partial charge in [0.2, 0.25) is 0 Å². The van der Waals surface area contributed by atoms with Gasteiger partial charge in [-0.3, -0.25) is 10.1 Å². The Morgan fingerprint density at radius 3 is 2.81 bits per heavy atom. The van der Waals surface area contributed by atoms with Crippen LogP contribution in [0.1, 0.15) is 23.0 Å². The largest absolute Gasteiger partial charge is 0.298 e. The molecule has 0 bridgehead atoms. The van der Waals surface area contributed by atoms with E-state index in [-0.39, 0.29) is 10.6 Å². The molecule has 0 saturated heterocycles. The Labute approximate surface area is 156 Å². The fourth-order valence-corrected chi connectivity index (χ4v) is 3.59. The molecule has 1 amide bonds. The van der Waals surface area contributed by atoms with E-state index in [0.29, 0.717) is 28.2 Å². The minimum absolute atomic E-state index is 0.257. The number of nitrogens with zero attached hydrogens (tertiary/aromatic N) is 4. The zero-order chi connectivity index (χ0) is 19.0. The molecule has 4 rings (SSSR count). The highest BCUT2D eigenvalue weighted by atomic mass is 32.1. The first kappa shape index (κ1) is 17.2. The molecule has 4 aromatic rings. The smallest absolute Gasteiger partial charge is 0.260 e. The molecule has 9 heteroatoms. The first-order chi connectivity index (χ1) is 13.1. The van der Waals surface area contributed by atoms with E-state index in [9.17, 15) is 13.6 Å². The molecule has 0 radical (unpaired) electrons. The summed E-state index contributed by atoms with van der Waals surface area (Å²) in [5, 5.41) is 7.20. The number of rotatable bonds is 4. The normalized spacial score (nSPS) is 11.1. The molecule has 0 spiro atoms.